The molecule has 0 aromatic heterocycles. The van der Waals surface area contributed by atoms with Crippen LogP contribution in [0.1, 0.15) is 87.5 Å². The predicted molar refractivity (Wildman–Crippen MR) is 151 cm³/mol. The molecule has 38 heavy (non-hydrogen) atoms. The van der Waals surface area contributed by atoms with Crippen LogP contribution in [-0.2, 0) is 23.9 Å². The maximum Gasteiger partial charge on any atom is 0.315 e. The fraction of sp³-hybridized carbons (Fsp3) is 0.606. The molecule has 0 bridgehead atoms. The lowest BCUT2D eigenvalue weighted by Gasteiger charge is -2.61. The molecule has 0 amide bonds. The minimum Gasteiger partial charge on any atom is -0.468 e. The fourth-order valence-corrected chi connectivity index (χ4v) is 8.00. The Morgan fingerprint density at radius 2 is 1.55 bits per heavy atom. The topological polar surface area (TPSA) is 69.7 Å². The molecule has 0 heterocycles. The van der Waals surface area contributed by atoms with Gasteiger partial charge in [0.15, 0.2) is 5.78 Å². The molecule has 1 unspecified atom stereocenters. The second-order valence-electron chi connectivity index (χ2n) is 12.5. The van der Waals surface area contributed by atoms with Crippen molar-refractivity contribution >= 4 is 17.7 Å². The van der Waals surface area contributed by atoms with Gasteiger partial charge < -0.3 is 9.47 Å². The van der Waals surface area contributed by atoms with E-state index in [4.69, 9.17) is 9.47 Å². The number of ether oxygens (including phenoxy) is 2. The molecule has 0 aromatic rings. The zero-order valence-corrected chi connectivity index (χ0v) is 24.8. The number of esters is 2. The molecule has 3 rings (SSSR count). The molecule has 0 saturated heterocycles. The molecular formula is C33H46O5. The molecule has 0 aliphatic heterocycles. The van der Waals surface area contributed by atoms with E-state index in [-0.39, 0.29) is 40.4 Å². The van der Waals surface area contributed by atoms with Gasteiger partial charge in [0, 0.05) is 24.3 Å². The summed E-state index contributed by atoms with van der Waals surface area (Å²) >= 11 is 0. The molecule has 3 aliphatic carbocycles. The first-order valence-electron chi connectivity index (χ1n) is 13.9. The van der Waals surface area contributed by atoms with Crippen LogP contribution in [0, 0.1) is 28.1 Å². The molecule has 5 heteroatoms. The van der Waals surface area contributed by atoms with E-state index in [2.05, 4.69) is 58.9 Å². The first kappa shape index (κ1) is 29.9. The summed E-state index contributed by atoms with van der Waals surface area (Å²) in [6.07, 6.45) is 15.3. The average molecular weight is 523 g/mol. The third-order valence-electron chi connectivity index (χ3n) is 9.71. The Morgan fingerprint density at radius 3 is 2.16 bits per heavy atom. The highest BCUT2D eigenvalue weighted by molar-refractivity contribution is 6.01. The Labute approximate surface area is 229 Å². The van der Waals surface area contributed by atoms with E-state index in [1.54, 1.807) is 0 Å². The van der Waals surface area contributed by atoms with E-state index >= 15 is 0 Å². The third kappa shape index (κ3) is 5.26. The minimum atomic E-state index is -0.944. The number of carbonyl (C=O) groups is 3. The summed E-state index contributed by atoms with van der Waals surface area (Å²) in [6.45, 7) is 16.0. The number of carbonyl (C=O) groups excluding carboxylic acids is 3. The quantitative estimate of drug-likeness (QED) is 0.209. The molecule has 0 aromatic carbocycles. The number of Topliss-reactive ketones (excluding diaryl/α,β-unsaturated/α-hetero) is 1. The van der Waals surface area contributed by atoms with Crippen molar-refractivity contribution in [2.45, 2.75) is 93.6 Å². The van der Waals surface area contributed by atoms with Crippen molar-refractivity contribution in [2.75, 3.05) is 7.11 Å². The van der Waals surface area contributed by atoms with E-state index in [1.807, 2.05) is 26.0 Å². The van der Waals surface area contributed by atoms with E-state index in [1.165, 1.54) is 19.6 Å². The van der Waals surface area contributed by atoms with E-state index < -0.39 is 11.5 Å². The Morgan fingerprint density at radius 1 is 0.895 bits per heavy atom. The zero-order valence-electron chi connectivity index (χ0n) is 24.8. The molecule has 3 fully saturated rings. The molecule has 6 atom stereocenters. The summed E-state index contributed by atoms with van der Waals surface area (Å²) in [5.74, 6) is -0.420. The molecule has 208 valence electrons. The van der Waals surface area contributed by atoms with Crippen LogP contribution in [0.25, 0.3) is 0 Å². The number of allylic oxidation sites excluding steroid dienone is 10. The maximum atomic E-state index is 13.6. The fourth-order valence-electron chi connectivity index (χ4n) is 8.00. The van der Waals surface area contributed by atoms with Gasteiger partial charge >= 0.3 is 11.9 Å². The largest absolute Gasteiger partial charge is 0.468 e. The Kier molecular flexibility index (Phi) is 8.80. The first-order chi connectivity index (χ1) is 17.7. The zero-order chi connectivity index (χ0) is 28.5. The van der Waals surface area contributed by atoms with Crippen LogP contribution >= 0.6 is 0 Å². The van der Waals surface area contributed by atoms with Crippen molar-refractivity contribution in [1.82, 2.24) is 0 Å². The lowest BCUT2D eigenvalue weighted by atomic mass is 9.42. The Balaban J connectivity index is 1.96. The van der Waals surface area contributed by atoms with E-state index in [0.29, 0.717) is 12.8 Å². The van der Waals surface area contributed by atoms with Gasteiger partial charge in [0.1, 0.15) is 11.5 Å². The highest BCUT2D eigenvalue weighted by atomic mass is 16.6. The van der Waals surface area contributed by atoms with Crippen LogP contribution in [0.4, 0.5) is 0 Å². The van der Waals surface area contributed by atoms with Gasteiger partial charge in [0.2, 0.25) is 0 Å². The van der Waals surface area contributed by atoms with Crippen LogP contribution < -0.4 is 0 Å². The number of hydrogen-bond acceptors (Lipinski definition) is 5. The van der Waals surface area contributed by atoms with Gasteiger partial charge in [0.25, 0.3) is 0 Å². The number of methoxy groups -OCH3 is 1. The standard InChI is InChI=1S/C33H46O5/c1-21(2)12-10-13-22(3)14-11-15-23(4)29-25(35)20-27-31(6)19-17-28(38-24(5)34)33(8,30(36)37-9)26(31)16-18-32(27,29)7/h10-15,26-28H,16-20H2,1-9H3/b13-10+,15-11+,22-14-,29-23+/t26-,27+,28-,31+,32+,33?/m1/s1. The summed E-state index contributed by atoms with van der Waals surface area (Å²) < 4.78 is 11.0. The number of rotatable bonds is 6. The summed E-state index contributed by atoms with van der Waals surface area (Å²) in [7, 11) is 1.40. The number of ketones is 1. The third-order valence-corrected chi connectivity index (χ3v) is 9.71. The van der Waals surface area contributed by atoms with E-state index in [9.17, 15) is 14.4 Å². The summed E-state index contributed by atoms with van der Waals surface area (Å²) in [6, 6.07) is 0. The molecule has 0 spiro atoms. The van der Waals surface area contributed by atoms with Crippen LogP contribution in [-0.4, -0.2) is 30.9 Å². The van der Waals surface area contributed by atoms with Gasteiger partial charge in [-0.25, -0.2) is 0 Å². The van der Waals surface area contributed by atoms with Crippen molar-refractivity contribution in [1.29, 1.82) is 0 Å². The molecular weight excluding hydrogens is 476 g/mol. The van der Waals surface area contributed by atoms with Gasteiger partial charge in [0.05, 0.1) is 7.11 Å². The van der Waals surface area contributed by atoms with Crippen LogP contribution in [0.3, 0.4) is 0 Å². The van der Waals surface area contributed by atoms with Crippen molar-refractivity contribution in [2.24, 2.45) is 28.1 Å². The smallest absolute Gasteiger partial charge is 0.315 e. The summed E-state index contributed by atoms with van der Waals surface area (Å²) in [5.41, 5.74) is 2.89. The van der Waals surface area contributed by atoms with Crippen LogP contribution in [0.5, 0.6) is 0 Å². The van der Waals surface area contributed by atoms with Crippen molar-refractivity contribution in [3.63, 3.8) is 0 Å². The second-order valence-corrected chi connectivity index (χ2v) is 12.5. The molecule has 0 N–H and O–H groups in total. The van der Waals surface area contributed by atoms with Gasteiger partial charge in [-0.3, -0.25) is 14.4 Å². The Bertz CT molecular complexity index is 1130. The highest BCUT2D eigenvalue weighted by Crippen LogP contribution is 2.69. The molecule has 0 radical (unpaired) electrons. The lowest BCUT2D eigenvalue weighted by Crippen LogP contribution is -2.62. The van der Waals surface area contributed by atoms with Crippen molar-refractivity contribution in [3.8, 4) is 0 Å². The molecule has 3 saturated carbocycles. The van der Waals surface area contributed by atoms with Gasteiger partial charge in [-0.1, -0.05) is 61.4 Å². The highest BCUT2D eigenvalue weighted by Gasteiger charge is 2.68. The monoisotopic (exact) mass is 522 g/mol. The van der Waals surface area contributed by atoms with Gasteiger partial charge in [-0.05, 0) is 83.1 Å². The van der Waals surface area contributed by atoms with Gasteiger partial charge in [-0.15, -0.1) is 0 Å². The number of fused-ring (bicyclic) bond motifs is 3. The minimum absolute atomic E-state index is 0.0419. The van der Waals surface area contributed by atoms with Gasteiger partial charge in [-0.2, -0.15) is 0 Å². The summed E-state index contributed by atoms with van der Waals surface area (Å²) in [5, 5.41) is 0. The van der Waals surface area contributed by atoms with Crippen molar-refractivity contribution < 1.29 is 23.9 Å². The average Bonchev–Trinajstić information content (AvgIpc) is 3.11. The van der Waals surface area contributed by atoms with Crippen LogP contribution in [0.2, 0.25) is 0 Å². The second kappa shape index (κ2) is 11.2. The normalized spacial score (nSPS) is 36.6. The predicted octanol–water partition coefficient (Wildman–Crippen LogP) is 7.24. The Hall–Kier alpha value is -2.69. The first-order valence-corrected chi connectivity index (χ1v) is 13.9. The number of hydrogen-bond donors (Lipinski definition) is 0. The maximum absolute atomic E-state index is 13.6. The van der Waals surface area contributed by atoms with E-state index in [0.717, 1.165) is 36.0 Å². The lowest BCUT2D eigenvalue weighted by molar-refractivity contribution is -0.206. The molecule has 3 aliphatic rings. The SMILES string of the molecule is COC(=O)C1(C)[C@H](OC(C)=O)CC[C@@]2(C)[C@H]1CC[C@]1(C)/C(=C(C)/C=C/C=C(C)\C=C\C=C(C)C)C(=O)C[C@@H]21. The van der Waals surface area contributed by atoms with Crippen LogP contribution in [0.15, 0.2) is 58.7 Å². The summed E-state index contributed by atoms with van der Waals surface area (Å²) in [4.78, 5) is 38.7. The molecule has 5 nitrogen and oxygen atoms in total. The van der Waals surface area contributed by atoms with Crippen molar-refractivity contribution in [3.05, 3.63) is 58.7 Å².